The van der Waals surface area contributed by atoms with Crippen molar-refractivity contribution in [2.24, 2.45) is 5.41 Å². The van der Waals surface area contributed by atoms with Crippen LogP contribution >= 0.6 is 11.6 Å². The maximum atomic E-state index is 13.2. The lowest BCUT2D eigenvalue weighted by molar-refractivity contribution is -0.150. The lowest BCUT2D eigenvalue weighted by Crippen LogP contribution is -2.62. The molecular weight excluding hydrogens is 513 g/mol. The zero-order valence-corrected chi connectivity index (χ0v) is 21.3. The first-order valence-corrected chi connectivity index (χ1v) is 13.0. The zero-order valence-electron chi connectivity index (χ0n) is 20.5. The average Bonchev–Trinajstić information content (AvgIpc) is 3.46. The number of nitrogens with zero attached hydrogens (tertiary/aromatic N) is 3. The minimum Gasteiger partial charge on any atom is -0.354 e. The molecule has 3 unspecified atom stereocenters. The van der Waals surface area contributed by atoms with Crippen LogP contribution in [0.25, 0.3) is 0 Å². The van der Waals surface area contributed by atoms with Gasteiger partial charge in [-0.3, -0.25) is 9.59 Å². The molecule has 202 valence electrons. The SMILES string of the molecule is CC1C(=O)N2C(CCC(=O)N3CCC4(CC3)CC4)COC2CN1C(=O)Nc1ccc(C(F)(F)F)c(Cl)c1. The van der Waals surface area contributed by atoms with Crippen LogP contribution in [0.1, 0.15) is 51.0 Å². The number of hydrogen-bond acceptors (Lipinski definition) is 4. The zero-order chi connectivity index (χ0) is 26.5. The number of fused-ring (bicyclic) bond motifs is 1. The van der Waals surface area contributed by atoms with Gasteiger partial charge < -0.3 is 24.8 Å². The number of hydrogen-bond donors (Lipinski definition) is 1. The van der Waals surface area contributed by atoms with E-state index in [1.165, 1.54) is 17.7 Å². The van der Waals surface area contributed by atoms with Gasteiger partial charge in [-0.2, -0.15) is 13.2 Å². The molecule has 1 N–H and O–H groups in total. The summed E-state index contributed by atoms with van der Waals surface area (Å²) in [4.78, 5) is 43.7. The Morgan fingerprint density at radius 2 is 1.89 bits per heavy atom. The highest BCUT2D eigenvalue weighted by Crippen LogP contribution is 2.53. The number of alkyl halides is 3. The van der Waals surface area contributed by atoms with Gasteiger partial charge in [0.15, 0.2) is 6.23 Å². The predicted octanol–water partition coefficient (Wildman–Crippen LogP) is 4.33. The van der Waals surface area contributed by atoms with Gasteiger partial charge in [0.05, 0.1) is 29.8 Å². The Bertz CT molecular complexity index is 1090. The molecule has 1 saturated carbocycles. The number of nitrogens with one attached hydrogen (secondary N) is 1. The first-order valence-electron chi connectivity index (χ1n) is 12.6. The standard InChI is InChI=1S/C25H30ClF3N4O4/c1-15-22(35)33-17(3-5-20(34)31-10-8-24(6-7-24)9-11-31)14-37-21(33)13-32(15)23(36)30-16-2-4-18(19(26)12-16)25(27,28)29/h2,4,12,15,17,21H,3,5-11,13-14H2,1H3,(H,30,36). The van der Waals surface area contributed by atoms with Gasteiger partial charge in [-0.25, -0.2) is 4.79 Å². The number of halogens is 4. The van der Waals surface area contributed by atoms with Gasteiger partial charge in [0.2, 0.25) is 11.8 Å². The van der Waals surface area contributed by atoms with Crippen molar-refractivity contribution in [3.63, 3.8) is 0 Å². The summed E-state index contributed by atoms with van der Waals surface area (Å²) in [7, 11) is 0. The fraction of sp³-hybridized carbons (Fsp3) is 0.640. The van der Waals surface area contributed by atoms with Gasteiger partial charge in [-0.15, -0.1) is 0 Å². The van der Waals surface area contributed by atoms with Gasteiger partial charge in [0.25, 0.3) is 0 Å². The first kappa shape index (κ1) is 26.1. The topological polar surface area (TPSA) is 82.2 Å². The van der Waals surface area contributed by atoms with Gasteiger partial charge >= 0.3 is 12.2 Å². The van der Waals surface area contributed by atoms with Crippen LogP contribution in [0, 0.1) is 5.41 Å². The van der Waals surface area contributed by atoms with E-state index < -0.39 is 35.1 Å². The normalized spacial score (nSPS) is 26.9. The molecule has 3 heterocycles. The Labute approximate surface area is 218 Å². The monoisotopic (exact) mass is 542 g/mol. The summed E-state index contributed by atoms with van der Waals surface area (Å²) >= 11 is 5.75. The number of piperazine rings is 1. The van der Waals surface area contributed by atoms with E-state index in [0.29, 0.717) is 18.3 Å². The van der Waals surface area contributed by atoms with Crippen molar-refractivity contribution in [1.82, 2.24) is 14.7 Å². The lowest BCUT2D eigenvalue weighted by Gasteiger charge is -2.42. The molecule has 5 rings (SSSR count). The number of rotatable bonds is 4. The number of likely N-dealkylation sites (tertiary alicyclic amines) is 1. The molecule has 1 aromatic carbocycles. The van der Waals surface area contributed by atoms with Gasteiger partial charge in [0.1, 0.15) is 6.04 Å². The summed E-state index contributed by atoms with van der Waals surface area (Å²) in [6, 6.07) is 1.24. The molecule has 0 aromatic heterocycles. The maximum Gasteiger partial charge on any atom is 0.417 e. The number of amides is 4. The summed E-state index contributed by atoms with van der Waals surface area (Å²) in [5.41, 5.74) is -0.421. The van der Waals surface area contributed by atoms with E-state index in [9.17, 15) is 27.6 Å². The molecule has 8 nitrogen and oxygen atoms in total. The van der Waals surface area contributed by atoms with Crippen LogP contribution < -0.4 is 5.32 Å². The van der Waals surface area contributed by atoms with Crippen molar-refractivity contribution < 1.29 is 32.3 Å². The molecule has 3 atom stereocenters. The van der Waals surface area contributed by atoms with Gasteiger partial charge in [0, 0.05) is 25.2 Å². The van der Waals surface area contributed by atoms with Crippen LogP contribution in [0.4, 0.5) is 23.7 Å². The quantitative estimate of drug-likeness (QED) is 0.614. The Hall–Kier alpha value is -2.53. The maximum absolute atomic E-state index is 13.2. The van der Waals surface area contributed by atoms with Crippen molar-refractivity contribution in [3.8, 4) is 0 Å². The van der Waals surface area contributed by atoms with Gasteiger partial charge in [-0.05, 0) is 62.6 Å². The van der Waals surface area contributed by atoms with Crippen molar-refractivity contribution in [3.05, 3.63) is 28.8 Å². The summed E-state index contributed by atoms with van der Waals surface area (Å²) in [5.74, 6) is -0.187. The Morgan fingerprint density at radius 1 is 1.19 bits per heavy atom. The molecule has 4 fully saturated rings. The van der Waals surface area contributed by atoms with E-state index in [1.54, 1.807) is 11.8 Å². The molecule has 12 heteroatoms. The second-order valence-electron chi connectivity index (χ2n) is 10.6. The largest absolute Gasteiger partial charge is 0.417 e. The second-order valence-corrected chi connectivity index (χ2v) is 11.0. The molecule has 0 bridgehead atoms. The molecule has 1 spiro atoms. The molecule has 0 radical (unpaired) electrons. The molecule has 3 aliphatic heterocycles. The van der Waals surface area contributed by atoms with Crippen molar-refractivity contribution >= 4 is 35.1 Å². The van der Waals surface area contributed by atoms with Crippen LogP contribution in [-0.2, 0) is 20.5 Å². The summed E-state index contributed by atoms with van der Waals surface area (Å²) in [5, 5.41) is 1.98. The third kappa shape index (κ3) is 5.25. The number of anilines is 1. The van der Waals surface area contributed by atoms with Crippen LogP contribution in [-0.4, -0.2) is 77.1 Å². The summed E-state index contributed by atoms with van der Waals surface area (Å²) in [6.45, 7) is 3.59. The van der Waals surface area contributed by atoms with E-state index in [2.05, 4.69) is 5.32 Å². The van der Waals surface area contributed by atoms with E-state index in [0.717, 1.165) is 44.1 Å². The van der Waals surface area contributed by atoms with Crippen LogP contribution in [0.3, 0.4) is 0 Å². The Kier molecular flexibility index (Phi) is 6.81. The number of ether oxygens (including phenoxy) is 1. The van der Waals surface area contributed by atoms with E-state index in [-0.39, 0.29) is 36.7 Å². The smallest absolute Gasteiger partial charge is 0.354 e. The van der Waals surface area contributed by atoms with Gasteiger partial charge in [-0.1, -0.05) is 11.6 Å². The minimum absolute atomic E-state index is 0.0825. The fourth-order valence-electron chi connectivity index (χ4n) is 5.61. The van der Waals surface area contributed by atoms with E-state index in [1.807, 2.05) is 4.90 Å². The predicted molar refractivity (Wildman–Crippen MR) is 129 cm³/mol. The van der Waals surface area contributed by atoms with Crippen molar-refractivity contribution in [2.45, 2.75) is 69.9 Å². The second kappa shape index (κ2) is 9.65. The Morgan fingerprint density at radius 3 is 2.51 bits per heavy atom. The molecule has 4 aliphatic rings. The molecule has 4 amide bonds. The highest BCUT2D eigenvalue weighted by molar-refractivity contribution is 6.31. The number of urea groups is 1. The lowest BCUT2D eigenvalue weighted by atomic mass is 9.93. The van der Waals surface area contributed by atoms with Crippen molar-refractivity contribution in [1.29, 1.82) is 0 Å². The van der Waals surface area contributed by atoms with E-state index >= 15 is 0 Å². The minimum atomic E-state index is -4.61. The van der Waals surface area contributed by atoms with Crippen molar-refractivity contribution in [2.75, 3.05) is 31.6 Å². The average molecular weight is 543 g/mol. The Balaban J connectivity index is 1.16. The first-order chi connectivity index (χ1) is 17.5. The third-order valence-corrected chi connectivity index (χ3v) is 8.54. The third-order valence-electron chi connectivity index (χ3n) is 8.23. The molecule has 3 saturated heterocycles. The molecule has 1 aliphatic carbocycles. The number of piperidine rings is 1. The van der Waals surface area contributed by atoms with Crippen LogP contribution in [0.15, 0.2) is 18.2 Å². The van der Waals surface area contributed by atoms with Crippen LogP contribution in [0.2, 0.25) is 5.02 Å². The number of carbonyl (C=O) groups is 3. The molecular formula is C25H30ClF3N4O4. The number of benzene rings is 1. The van der Waals surface area contributed by atoms with Crippen LogP contribution in [0.5, 0.6) is 0 Å². The highest BCUT2D eigenvalue weighted by atomic mass is 35.5. The molecule has 1 aromatic rings. The fourth-order valence-corrected chi connectivity index (χ4v) is 5.90. The summed E-state index contributed by atoms with van der Waals surface area (Å²) < 4.78 is 44.7. The highest BCUT2D eigenvalue weighted by Gasteiger charge is 2.48. The van der Waals surface area contributed by atoms with E-state index in [4.69, 9.17) is 16.3 Å². The number of carbonyl (C=O) groups excluding carboxylic acids is 3. The summed E-state index contributed by atoms with van der Waals surface area (Å²) in [6.07, 6.45) is 0.284. The molecule has 37 heavy (non-hydrogen) atoms.